The summed E-state index contributed by atoms with van der Waals surface area (Å²) in [7, 11) is 0. The normalized spacial score (nSPS) is 14.4. The third kappa shape index (κ3) is 4.05. The number of anilines is 3. The van der Waals surface area contributed by atoms with Crippen molar-refractivity contribution in [3.63, 3.8) is 0 Å². The van der Waals surface area contributed by atoms with E-state index >= 15 is 0 Å². The Balaban J connectivity index is 1.46. The van der Waals surface area contributed by atoms with Crippen LogP contribution in [0.15, 0.2) is 38.3 Å². The van der Waals surface area contributed by atoms with Crippen molar-refractivity contribution in [2.24, 2.45) is 5.41 Å². The number of H-pyrrole nitrogens is 1. The molecule has 0 aliphatic carbocycles. The highest BCUT2D eigenvalue weighted by atomic mass is 35.5. The van der Waals surface area contributed by atoms with Crippen LogP contribution in [0.2, 0.25) is 5.02 Å². The van der Waals surface area contributed by atoms with Gasteiger partial charge in [0.1, 0.15) is 22.9 Å². The van der Waals surface area contributed by atoms with E-state index in [-0.39, 0.29) is 41.8 Å². The van der Waals surface area contributed by atoms with Crippen molar-refractivity contribution in [1.82, 2.24) is 25.5 Å². The van der Waals surface area contributed by atoms with E-state index in [9.17, 15) is 14.4 Å². The molecule has 1 aliphatic rings. The van der Waals surface area contributed by atoms with E-state index in [2.05, 4.69) is 31.3 Å². The summed E-state index contributed by atoms with van der Waals surface area (Å²) in [5, 5.41) is 20.3. The number of halogens is 1. The number of aromatic amines is 1. The number of rotatable bonds is 7. The molecule has 1 aliphatic heterocycles. The Morgan fingerprint density at radius 2 is 1.89 bits per heavy atom. The predicted octanol–water partition coefficient (Wildman–Crippen LogP) is 3.45. The highest BCUT2D eigenvalue weighted by molar-refractivity contribution is 6.32. The topological polar surface area (TPSA) is 146 Å². The number of tetrazole rings is 1. The van der Waals surface area contributed by atoms with Crippen LogP contribution in [-0.4, -0.2) is 31.4 Å². The molecular formula is C24H24ClN7O4. The molecule has 0 bridgehead atoms. The van der Waals surface area contributed by atoms with Gasteiger partial charge in [-0.1, -0.05) is 37.6 Å². The van der Waals surface area contributed by atoms with Crippen molar-refractivity contribution < 1.29 is 9.21 Å². The zero-order valence-electron chi connectivity index (χ0n) is 20.1. The molecule has 11 nitrogen and oxygen atoms in total. The first-order valence-corrected chi connectivity index (χ1v) is 11.7. The minimum Gasteiger partial charge on any atom is -0.464 e. The molecule has 0 unspecified atom stereocenters. The fourth-order valence-electron chi connectivity index (χ4n) is 4.34. The van der Waals surface area contributed by atoms with Crippen molar-refractivity contribution in [2.45, 2.75) is 46.8 Å². The van der Waals surface area contributed by atoms with E-state index in [4.69, 9.17) is 16.0 Å². The number of hydrogen-bond donors (Lipinski definition) is 3. The zero-order valence-corrected chi connectivity index (χ0v) is 20.9. The van der Waals surface area contributed by atoms with Gasteiger partial charge in [0, 0.05) is 17.1 Å². The molecule has 1 amide bonds. The first-order chi connectivity index (χ1) is 17.0. The summed E-state index contributed by atoms with van der Waals surface area (Å²) in [5.41, 5.74) is -0.0797. The number of amides is 1. The SMILES string of the molecule is Cc1ccc([C@H](Nc2c(Nc3ccc(Cl)c4c3C(=O)N(Cc3nn[nH]n3)C4)c(=O)c2=O)C(C)(C)C)o1. The smallest absolute Gasteiger partial charge is 0.257 e. The molecule has 12 heteroatoms. The lowest BCUT2D eigenvalue weighted by Crippen LogP contribution is -2.39. The van der Waals surface area contributed by atoms with E-state index in [0.717, 1.165) is 5.76 Å². The average Bonchev–Trinajstić information content (AvgIpc) is 3.56. The molecule has 186 valence electrons. The lowest BCUT2D eigenvalue weighted by Gasteiger charge is -2.31. The van der Waals surface area contributed by atoms with Gasteiger partial charge < -0.3 is 20.0 Å². The quantitative estimate of drug-likeness (QED) is 0.319. The van der Waals surface area contributed by atoms with Gasteiger partial charge in [-0.2, -0.15) is 5.21 Å². The van der Waals surface area contributed by atoms with Crippen LogP contribution < -0.4 is 21.5 Å². The number of hydrogen-bond acceptors (Lipinski definition) is 9. The number of carbonyl (C=O) groups is 1. The van der Waals surface area contributed by atoms with Crippen LogP contribution >= 0.6 is 11.6 Å². The van der Waals surface area contributed by atoms with Gasteiger partial charge >= 0.3 is 0 Å². The molecule has 2 aromatic heterocycles. The molecule has 1 atom stereocenters. The Labute approximate surface area is 210 Å². The maximum atomic E-state index is 13.3. The Hall–Kier alpha value is -3.99. The number of fused-ring (bicyclic) bond motifs is 1. The molecule has 36 heavy (non-hydrogen) atoms. The van der Waals surface area contributed by atoms with E-state index in [1.54, 1.807) is 12.1 Å². The van der Waals surface area contributed by atoms with Gasteiger partial charge in [-0.15, -0.1) is 10.2 Å². The summed E-state index contributed by atoms with van der Waals surface area (Å²) >= 11 is 6.40. The first kappa shape index (κ1) is 23.7. The van der Waals surface area contributed by atoms with Gasteiger partial charge in [0.25, 0.3) is 16.8 Å². The van der Waals surface area contributed by atoms with Crippen LogP contribution in [0.25, 0.3) is 0 Å². The number of benzene rings is 1. The molecule has 2 aromatic carbocycles. The third-order valence-corrected chi connectivity index (χ3v) is 6.55. The van der Waals surface area contributed by atoms with Crippen LogP contribution in [-0.2, 0) is 13.1 Å². The summed E-state index contributed by atoms with van der Waals surface area (Å²) in [4.78, 5) is 40.0. The molecule has 3 heterocycles. The molecule has 0 spiro atoms. The first-order valence-electron chi connectivity index (χ1n) is 11.3. The fraction of sp³-hybridized carbons (Fsp3) is 0.333. The molecule has 3 N–H and O–H groups in total. The molecule has 0 saturated carbocycles. The maximum absolute atomic E-state index is 13.3. The fourth-order valence-corrected chi connectivity index (χ4v) is 4.56. The third-order valence-electron chi connectivity index (χ3n) is 6.20. The molecule has 5 rings (SSSR count). The Morgan fingerprint density at radius 3 is 2.53 bits per heavy atom. The van der Waals surface area contributed by atoms with Gasteiger partial charge in [0.05, 0.1) is 23.8 Å². The Bertz CT molecular complexity index is 1530. The van der Waals surface area contributed by atoms with Crippen molar-refractivity contribution in [2.75, 3.05) is 10.6 Å². The molecule has 4 aromatic rings. The van der Waals surface area contributed by atoms with Crippen molar-refractivity contribution in [1.29, 1.82) is 0 Å². The second-order valence-electron chi connectivity index (χ2n) is 9.86. The Morgan fingerprint density at radius 1 is 1.14 bits per heavy atom. The summed E-state index contributed by atoms with van der Waals surface area (Å²) in [5.74, 6) is 1.45. The van der Waals surface area contributed by atoms with E-state index in [0.29, 0.717) is 33.4 Å². The van der Waals surface area contributed by atoms with E-state index in [1.165, 1.54) is 4.90 Å². The second kappa shape index (κ2) is 8.59. The Kier molecular flexibility index (Phi) is 5.67. The number of carbonyl (C=O) groups excluding carboxylic acids is 1. The van der Waals surface area contributed by atoms with Gasteiger partial charge in [0.15, 0.2) is 5.82 Å². The van der Waals surface area contributed by atoms with Crippen LogP contribution in [0.3, 0.4) is 0 Å². The largest absolute Gasteiger partial charge is 0.464 e. The summed E-state index contributed by atoms with van der Waals surface area (Å²) in [6, 6.07) is 6.59. The highest BCUT2D eigenvalue weighted by Crippen LogP contribution is 2.40. The highest BCUT2D eigenvalue weighted by Gasteiger charge is 2.36. The lowest BCUT2D eigenvalue weighted by molar-refractivity contribution is 0.0763. The number of aryl methyl sites for hydroxylation is 1. The van der Waals surface area contributed by atoms with Gasteiger partial charge in [-0.25, -0.2) is 0 Å². The number of nitrogens with one attached hydrogen (secondary N) is 3. The zero-order chi connectivity index (χ0) is 25.8. The standard InChI is InChI=1S/C24H24ClN7O4/c1-11-5-8-15(36-11)22(24(2,3)4)27-19-18(20(33)21(19)34)26-14-7-6-13(25)12-9-32(23(35)17(12)14)10-16-28-30-31-29-16/h5-8,22,26-27H,9-10H2,1-4H3,(H,28,29,30,31)/t22-/m0/s1. The summed E-state index contributed by atoms with van der Waals surface area (Å²) < 4.78 is 5.82. The number of aromatic nitrogens is 4. The van der Waals surface area contributed by atoms with Crippen LogP contribution in [0, 0.1) is 12.3 Å². The van der Waals surface area contributed by atoms with E-state index in [1.807, 2.05) is 39.8 Å². The van der Waals surface area contributed by atoms with Crippen LogP contribution in [0.4, 0.5) is 17.1 Å². The monoisotopic (exact) mass is 509 g/mol. The van der Waals surface area contributed by atoms with Crippen LogP contribution in [0.5, 0.6) is 0 Å². The van der Waals surface area contributed by atoms with Gasteiger partial charge in [-0.3, -0.25) is 14.4 Å². The van der Waals surface area contributed by atoms with Crippen molar-refractivity contribution in [3.8, 4) is 0 Å². The van der Waals surface area contributed by atoms with Crippen molar-refractivity contribution in [3.05, 3.63) is 78.2 Å². The summed E-state index contributed by atoms with van der Waals surface area (Å²) in [6.45, 7) is 8.24. The number of nitrogens with zero attached hydrogens (tertiary/aromatic N) is 4. The summed E-state index contributed by atoms with van der Waals surface area (Å²) in [6.07, 6.45) is 0. The van der Waals surface area contributed by atoms with Crippen molar-refractivity contribution >= 4 is 34.6 Å². The lowest BCUT2D eigenvalue weighted by atomic mass is 9.85. The minimum atomic E-state index is -0.668. The molecule has 0 radical (unpaired) electrons. The predicted molar refractivity (Wildman–Crippen MR) is 133 cm³/mol. The molecule has 0 saturated heterocycles. The number of furan rings is 1. The molecule has 0 fully saturated rings. The average molecular weight is 510 g/mol. The second-order valence-corrected chi connectivity index (χ2v) is 10.3. The van der Waals surface area contributed by atoms with E-state index < -0.39 is 10.9 Å². The maximum Gasteiger partial charge on any atom is 0.257 e. The van der Waals surface area contributed by atoms with Gasteiger partial charge in [0.2, 0.25) is 0 Å². The van der Waals surface area contributed by atoms with Gasteiger partial charge in [-0.05, 0) is 36.6 Å². The van der Waals surface area contributed by atoms with Crippen LogP contribution in [0.1, 0.15) is 60.1 Å². The minimum absolute atomic E-state index is 0.0893. The molecular weight excluding hydrogens is 486 g/mol.